The van der Waals surface area contributed by atoms with E-state index < -0.39 is 0 Å². The monoisotopic (exact) mass is 284 g/mol. The molecule has 0 aliphatic carbocycles. The van der Waals surface area contributed by atoms with Crippen LogP contribution in [-0.2, 0) is 6.54 Å². The van der Waals surface area contributed by atoms with E-state index in [9.17, 15) is 0 Å². The van der Waals surface area contributed by atoms with E-state index in [-0.39, 0.29) is 0 Å². The van der Waals surface area contributed by atoms with Crippen LogP contribution in [0.15, 0.2) is 36.5 Å². The Morgan fingerprint density at radius 2 is 2.05 bits per heavy atom. The number of nitrogens with two attached hydrogens (primary N) is 1. The quantitative estimate of drug-likeness (QED) is 0.794. The van der Waals surface area contributed by atoms with Crippen molar-refractivity contribution < 1.29 is 9.47 Å². The molecule has 0 aliphatic heterocycles. The van der Waals surface area contributed by atoms with Crippen LogP contribution in [0.3, 0.4) is 0 Å². The second kappa shape index (κ2) is 5.32. The van der Waals surface area contributed by atoms with Crippen molar-refractivity contribution in [2.45, 2.75) is 6.54 Å². The van der Waals surface area contributed by atoms with Crippen molar-refractivity contribution in [3.63, 3.8) is 0 Å². The van der Waals surface area contributed by atoms with Crippen molar-refractivity contribution in [2.75, 3.05) is 20.0 Å². The maximum absolute atomic E-state index is 6.04. The molecule has 0 saturated heterocycles. The number of anilines is 1. The van der Waals surface area contributed by atoms with E-state index in [2.05, 4.69) is 9.97 Å². The second-order valence-corrected chi connectivity index (χ2v) is 4.59. The standard InChI is InChI=1S/C15H16N4O2/c1-20-12-5-3-4-11-14(12)18-15(16)19(11)9-10-6-7-17-13(8-10)21-2/h3-8H,9H2,1-2H3,(H2,16,18). The molecule has 2 aromatic heterocycles. The Balaban J connectivity index is 2.06. The third kappa shape index (κ3) is 2.35. The van der Waals surface area contributed by atoms with Crippen molar-refractivity contribution >= 4 is 17.0 Å². The normalized spacial score (nSPS) is 10.8. The number of pyridine rings is 1. The van der Waals surface area contributed by atoms with E-state index in [1.54, 1.807) is 20.4 Å². The molecule has 0 amide bonds. The van der Waals surface area contributed by atoms with Gasteiger partial charge in [0, 0.05) is 12.3 Å². The molecule has 3 rings (SSSR count). The Bertz CT molecular complexity index is 782. The molecule has 1 aromatic carbocycles. The third-order valence-corrected chi connectivity index (χ3v) is 3.34. The predicted molar refractivity (Wildman–Crippen MR) is 80.6 cm³/mol. The van der Waals surface area contributed by atoms with Crippen LogP contribution in [0.1, 0.15) is 5.56 Å². The topological polar surface area (TPSA) is 75.2 Å². The number of aromatic nitrogens is 3. The minimum atomic E-state index is 0.449. The van der Waals surface area contributed by atoms with Gasteiger partial charge in [0.25, 0.3) is 0 Å². The summed E-state index contributed by atoms with van der Waals surface area (Å²) in [7, 11) is 3.22. The van der Waals surface area contributed by atoms with Crippen LogP contribution >= 0.6 is 0 Å². The number of nitrogen functional groups attached to an aromatic ring is 1. The molecule has 108 valence electrons. The first-order chi connectivity index (χ1) is 10.2. The van der Waals surface area contributed by atoms with Crippen LogP contribution in [0.5, 0.6) is 11.6 Å². The summed E-state index contributed by atoms with van der Waals surface area (Å²) in [4.78, 5) is 8.49. The predicted octanol–water partition coefficient (Wildman–Crippen LogP) is 2.08. The van der Waals surface area contributed by atoms with Gasteiger partial charge in [-0.15, -0.1) is 0 Å². The summed E-state index contributed by atoms with van der Waals surface area (Å²) in [6.45, 7) is 0.592. The van der Waals surface area contributed by atoms with Crippen molar-refractivity contribution in [1.29, 1.82) is 0 Å². The lowest BCUT2D eigenvalue weighted by atomic mass is 10.2. The van der Waals surface area contributed by atoms with Gasteiger partial charge in [-0.2, -0.15) is 0 Å². The molecule has 21 heavy (non-hydrogen) atoms. The minimum Gasteiger partial charge on any atom is -0.494 e. The number of methoxy groups -OCH3 is 2. The van der Waals surface area contributed by atoms with E-state index in [0.717, 1.165) is 16.6 Å². The molecule has 0 aliphatic rings. The van der Waals surface area contributed by atoms with Crippen molar-refractivity contribution in [3.05, 3.63) is 42.1 Å². The van der Waals surface area contributed by atoms with Gasteiger partial charge in [-0.1, -0.05) is 6.07 Å². The molecule has 3 aromatic rings. The highest BCUT2D eigenvalue weighted by atomic mass is 16.5. The first-order valence-electron chi connectivity index (χ1n) is 6.50. The van der Waals surface area contributed by atoms with Gasteiger partial charge >= 0.3 is 0 Å². The summed E-state index contributed by atoms with van der Waals surface area (Å²) in [6, 6.07) is 9.57. The molecule has 6 heteroatoms. The highest BCUT2D eigenvalue weighted by Crippen LogP contribution is 2.27. The lowest BCUT2D eigenvalue weighted by Gasteiger charge is -2.08. The van der Waals surface area contributed by atoms with Crippen molar-refractivity contribution in [3.8, 4) is 11.6 Å². The Labute approximate surface area is 122 Å². The van der Waals surface area contributed by atoms with E-state index in [4.69, 9.17) is 15.2 Å². The van der Waals surface area contributed by atoms with Gasteiger partial charge in [-0.05, 0) is 23.8 Å². The zero-order valence-corrected chi connectivity index (χ0v) is 11.9. The molecule has 0 radical (unpaired) electrons. The van der Waals surface area contributed by atoms with Gasteiger partial charge in [-0.3, -0.25) is 0 Å². The number of ether oxygens (including phenoxy) is 2. The van der Waals surface area contributed by atoms with Crippen molar-refractivity contribution in [2.24, 2.45) is 0 Å². The van der Waals surface area contributed by atoms with Gasteiger partial charge in [0.05, 0.1) is 26.3 Å². The molecule has 0 fully saturated rings. The molecular weight excluding hydrogens is 268 g/mol. The number of imidazole rings is 1. The minimum absolute atomic E-state index is 0.449. The summed E-state index contributed by atoms with van der Waals surface area (Å²) in [5.74, 6) is 1.74. The maximum Gasteiger partial charge on any atom is 0.213 e. The summed E-state index contributed by atoms with van der Waals surface area (Å²) < 4.78 is 12.4. The Kier molecular flexibility index (Phi) is 3.35. The van der Waals surface area contributed by atoms with Gasteiger partial charge in [-0.25, -0.2) is 9.97 Å². The maximum atomic E-state index is 6.04. The molecular formula is C15H16N4O2. The molecule has 2 N–H and O–H groups in total. The zero-order chi connectivity index (χ0) is 14.8. The first-order valence-corrected chi connectivity index (χ1v) is 6.50. The summed E-state index contributed by atoms with van der Waals surface area (Å²) >= 11 is 0. The highest BCUT2D eigenvalue weighted by Gasteiger charge is 2.12. The molecule has 0 saturated carbocycles. The fourth-order valence-corrected chi connectivity index (χ4v) is 2.31. The lowest BCUT2D eigenvalue weighted by molar-refractivity contribution is 0.397. The van der Waals surface area contributed by atoms with Crippen LogP contribution in [0.2, 0.25) is 0 Å². The number of rotatable bonds is 4. The van der Waals surface area contributed by atoms with Crippen LogP contribution in [-0.4, -0.2) is 28.8 Å². The Morgan fingerprint density at radius 1 is 1.19 bits per heavy atom. The highest BCUT2D eigenvalue weighted by molar-refractivity contribution is 5.84. The average Bonchev–Trinajstić information content (AvgIpc) is 2.83. The van der Waals surface area contributed by atoms with E-state index >= 15 is 0 Å². The second-order valence-electron chi connectivity index (χ2n) is 4.59. The van der Waals surface area contributed by atoms with Gasteiger partial charge < -0.3 is 19.8 Å². The largest absolute Gasteiger partial charge is 0.494 e. The molecule has 0 spiro atoms. The molecule has 2 heterocycles. The summed E-state index contributed by atoms with van der Waals surface area (Å²) in [6.07, 6.45) is 1.71. The summed E-state index contributed by atoms with van der Waals surface area (Å²) in [5.41, 5.74) is 8.78. The van der Waals surface area contributed by atoms with E-state index in [1.807, 2.05) is 34.9 Å². The molecule has 0 atom stereocenters. The SMILES string of the molecule is COc1cc(Cn2c(N)nc3c(OC)cccc32)ccn1. The van der Waals surface area contributed by atoms with Gasteiger partial charge in [0.2, 0.25) is 11.8 Å². The van der Waals surface area contributed by atoms with Crippen LogP contribution < -0.4 is 15.2 Å². The number of hydrogen-bond acceptors (Lipinski definition) is 5. The third-order valence-electron chi connectivity index (χ3n) is 3.34. The molecule has 6 nitrogen and oxygen atoms in total. The van der Waals surface area contributed by atoms with E-state index in [1.165, 1.54) is 0 Å². The zero-order valence-electron chi connectivity index (χ0n) is 11.9. The Morgan fingerprint density at radius 3 is 2.81 bits per heavy atom. The van der Waals surface area contributed by atoms with Crippen LogP contribution in [0.4, 0.5) is 5.95 Å². The molecule has 0 bridgehead atoms. The fourth-order valence-electron chi connectivity index (χ4n) is 2.31. The smallest absolute Gasteiger partial charge is 0.213 e. The Hall–Kier alpha value is -2.76. The number of nitrogens with zero attached hydrogens (tertiary/aromatic N) is 3. The number of fused-ring (bicyclic) bond motifs is 1. The number of hydrogen-bond donors (Lipinski definition) is 1. The number of para-hydroxylation sites is 1. The first kappa shape index (κ1) is 13.2. The van der Waals surface area contributed by atoms with Gasteiger partial charge in [0.1, 0.15) is 11.3 Å². The number of benzene rings is 1. The average molecular weight is 284 g/mol. The van der Waals surface area contributed by atoms with Crippen molar-refractivity contribution in [1.82, 2.24) is 14.5 Å². The van der Waals surface area contributed by atoms with E-state index in [0.29, 0.717) is 24.1 Å². The van der Waals surface area contributed by atoms with Crippen LogP contribution in [0, 0.1) is 0 Å². The molecule has 0 unspecified atom stereocenters. The van der Waals surface area contributed by atoms with Crippen LogP contribution in [0.25, 0.3) is 11.0 Å². The lowest BCUT2D eigenvalue weighted by Crippen LogP contribution is -2.05. The summed E-state index contributed by atoms with van der Waals surface area (Å²) in [5, 5.41) is 0. The fraction of sp³-hybridized carbons (Fsp3) is 0.200. The van der Waals surface area contributed by atoms with Gasteiger partial charge in [0.15, 0.2) is 0 Å².